The number of carbonyl (C=O) groups is 1. The van der Waals surface area contributed by atoms with Crippen LogP contribution in [0.2, 0.25) is 0 Å². The molecular weight excluding hydrogens is 464 g/mol. The molecule has 1 saturated heterocycles. The topological polar surface area (TPSA) is 117 Å². The number of nitrogens with zero attached hydrogens (tertiary/aromatic N) is 4. The zero-order valence-electron chi connectivity index (χ0n) is 20.1. The third-order valence-corrected chi connectivity index (χ3v) is 7.29. The Kier molecular flexibility index (Phi) is 7.02. The Balaban J connectivity index is 1.48. The minimum Gasteiger partial charge on any atom is -0.370 e. The molecule has 0 bridgehead atoms. The van der Waals surface area contributed by atoms with Crippen LogP contribution in [0.5, 0.6) is 0 Å². The SMILES string of the molecule is CC1CN(c2ncccc2C(=O)NS(=O)(=O)c2cccc(NCCc3ccncc3)n2)C(C)(C)C1. The highest BCUT2D eigenvalue weighted by molar-refractivity contribution is 7.90. The first kappa shape index (κ1) is 24.6. The normalized spacial score (nSPS) is 17.2. The zero-order chi connectivity index (χ0) is 25.1. The van der Waals surface area contributed by atoms with E-state index in [9.17, 15) is 13.2 Å². The fraction of sp³-hybridized carbons (Fsp3) is 0.360. The Hall–Kier alpha value is -3.53. The maximum absolute atomic E-state index is 13.1. The summed E-state index contributed by atoms with van der Waals surface area (Å²) < 4.78 is 28.2. The average molecular weight is 495 g/mol. The van der Waals surface area contributed by atoms with Gasteiger partial charge in [0.25, 0.3) is 15.9 Å². The van der Waals surface area contributed by atoms with E-state index in [1.54, 1.807) is 42.9 Å². The molecule has 0 spiro atoms. The Bertz CT molecular complexity index is 1300. The number of sulfonamides is 1. The monoisotopic (exact) mass is 494 g/mol. The van der Waals surface area contributed by atoms with Crippen LogP contribution < -0.4 is 14.9 Å². The van der Waals surface area contributed by atoms with Crippen molar-refractivity contribution in [1.29, 1.82) is 0 Å². The van der Waals surface area contributed by atoms with Crippen molar-refractivity contribution in [1.82, 2.24) is 19.7 Å². The van der Waals surface area contributed by atoms with E-state index in [-0.39, 0.29) is 16.1 Å². The summed E-state index contributed by atoms with van der Waals surface area (Å²) in [6.07, 6.45) is 6.74. The number of amides is 1. The van der Waals surface area contributed by atoms with Crippen LogP contribution in [-0.2, 0) is 16.4 Å². The number of nitrogens with one attached hydrogen (secondary N) is 2. The molecule has 4 heterocycles. The lowest BCUT2D eigenvalue weighted by atomic mass is 9.97. The lowest BCUT2D eigenvalue weighted by molar-refractivity contribution is 0.0981. The van der Waals surface area contributed by atoms with Crippen LogP contribution in [0.1, 0.15) is 43.1 Å². The molecule has 1 aliphatic rings. The summed E-state index contributed by atoms with van der Waals surface area (Å²) in [6.45, 7) is 7.65. The number of rotatable bonds is 8. The number of carbonyl (C=O) groups excluding carboxylic acids is 1. The lowest BCUT2D eigenvalue weighted by Gasteiger charge is -2.33. The maximum atomic E-state index is 13.1. The van der Waals surface area contributed by atoms with Gasteiger partial charge in [-0.3, -0.25) is 9.78 Å². The van der Waals surface area contributed by atoms with Gasteiger partial charge in [0.2, 0.25) is 0 Å². The predicted molar refractivity (Wildman–Crippen MR) is 135 cm³/mol. The second kappa shape index (κ2) is 9.99. The van der Waals surface area contributed by atoms with Gasteiger partial charge in [0.1, 0.15) is 11.6 Å². The van der Waals surface area contributed by atoms with Crippen LogP contribution in [0, 0.1) is 5.92 Å². The van der Waals surface area contributed by atoms with E-state index >= 15 is 0 Å². The molecule has 4 rings (SSSR count). The molecule has 0 saturated carbocycles. The van der Waals surface area contributed by atoms with E-state index in [0.29, 0.717) is 24.1 Å². The van der Waals surface area contributed by atoms with Gasteiger partial charge in [0.15, 0.2) is 5.03 Å². The van der Waals surface area contributed by atoms with Crippen LogP contribution in [0.15, 0.2) is 66.1 Å². The van der Waals surface area contributed by atoms with Gasteiger partial charge in [-0.05, 0) is 74.6 Å². The summed E-state index contributed by atoms with van der Waals surface area (Å²) in [5.41, 5.74) is 1.12. The largest absolute Gasteiger partial charge is 0.370 e. The summed E-state index contributed by atoms with van der Waals surface area (Å²) in [6, 6.07) is 11.7. The Morgan fingerprint density at radius 1 is 1.11 bits per heavy atom. The van der Waals surface area contributed by atoms with E-state index in [4.69, 9.17) is 0 Å². The molecule has 184 valence electrons. The molecule has 1 aliphatic heterocycles. The van der Waals surface area contributed by atoms with Crippen molar-refractivity contribution < 1.29 is 13.2 Å². The molecule has 3 aromatic heterocycles. The number of pyridine rings is 3. The smallest absolute Gasteiger partial charge is 0.281 e. The van der Waals surface area contributed by atoms with Crippen LogP contribution in [0.4, 0.5) is 11.6 Å². The van der Waals surface area contributed by atoms with Crippen molar-refractivity contribution >= 4 is 27.6 Å². The summed E-state index contributed by atoms with van der Waals surface area (Å²) >= 11 is 0. The molecule has 1 unspecified atom stereocenters. The second-order valence-electron chi connectivity index (χ2n) is 9.43. The van der Waals surface area contributed by atoms with E-state index in [2.05, 4.69) is 50.7 Å². The Morgan fingerprint density at radius 2 is 1.89 bits per heavy atom. The summed E-state index contributed by atoms with van der Waals surface area (Å²) in [5, 5.41) is 2.89. The molecule has 2 N–H and O–H groups in total. The lowest BCUT2D eigenvalue weighted by Crippen LogP contribution is -2.41. The Morgan fingerprint density at radius 3 is 2.60 bits per heavy atom. The molecule has 0 aliphatic carbocycles. The highest BCUT2D eigenvalue weighted by atomic mass is 32.2. The second-order valence-corrected chi connectivity index (χ2v) is 11.1. The summed E-state index contributed by atoms with van der Waals surface area (Å²) in [4.78, 5) is 27.8. The quantitative estimate of drug-likeness (QED) is 0.490. The Labute approximate surface area is 206 Å². The molecule has 9 nitrogen and oxygen atoms in total. The molecular formula is C25H30N6O3S. The molecule has 0 aromatic carbocycles. The van der Waals surface area contributed by atoms with Gasteiger partial charge in [-0.15, -0.1) is 0 Å². The van der Waals surface area contributed by atoms with Crippen molar-refractivity contribution in [3.05, 3.63) is 72.2 Å². The molecule has 1 atom stereocenters. The van der Waals surface area contributed by atoms with Gasteiger partial charge in [0, 0.05) is 37.2 Å². The highest BCUT2D eigenvalue weighted by Crippen LogP contribution is 2.37. The number of hydrogen-bond acceptors (Lipinski definition) is 8. The van der Waals surface area contributed by atoms with E-state index < -0.39 is 15.9 Å². The van der Waals surface area contributed by atoms with Gasteiger partial charge >= 0.3 is 0 Å². The van der Waals surface area contributed by atoms with Crippen LogP contribution in [-0.4, -0.2) is 47.9 Å². The van der Waals surface area contributed by atoms with Crippen molar-refractivity contribution in [2.75, 3.05) is 23.3 Å². The highest BCUT2D eigenvalue weighted by Gasteiger charge is 2.39. The van der Waals surface area contributed by atoms with E-state index in [0.717, 1.165) is 24.9 Å². The zero-order valence-corrected chi connectivity index (χ0v) is 20.9. The van der Waals surface area contributed by atoms with Crippen molar-refractivity contribution in [3.63, 3.8) is 0 Å². The van der Waals surface area contributed by atoms with Gasteiger partial charge in [-0.1, -0.05) is 13.0 Å². The molecule has 1 fully saturated rings. The van der Waals surface area contributed by atoms with Crippen LogP contribution in [0.3, 0.4) is 0 Å². The first-order chi connectivity index (χ1) is 16.7. The fourth-order valence-corrected chi connectivity index (χ4v) is 5.46. The summed E-state index contributed by atoms with van der Waals surface area (Å²) in [5.74, 6) is 0.587. The minimum absolute atomic E-state index is 0.195. The van der Waals surface area contributed by atoms with Crippen molar-refractivity contribution in [3.8, 4) is 0 Å². The third-order valence-electron chi connectivity index (χ3n) is 6.05. The first-order valence-corrected chi connectivity index (χ1v) is 13.0. The molecule has 0 radical (unpaired) electrons. The van der Waals surface area contributed by atoms with Crippen LogP contribution >= 0.6 is 0 Å². The molecule has 3 aromatic rings. The van der Waals surface area contributed by atoms with Crippen molar-refractivity contribution in [2.24, 2.45) is 5.92 Å². The third kappa shape index (κ3) is 5.76. The molecule has 35 heavy (non-hydrogen) atoms. The fourth-order valence-electron chi connectivity index (χ4n) is 4.53. The molecule has 1 amide bonds. The van der Waals surface area contributed by atoms with E-state index in [1.807, 2.05) is 12.1 Å². The van der Waals surface area contributed by atoms with Gasteiger partial charge in [-0.25, -0.2) is 14.7 Å². The summed E-state index contributed by atoms with van der Waals surface area (Å²) in [7, 11) is -4.19. The minimum atomic E-state index is -4.19. The number of hydrogen-bond donors (Lipinski definition) is 2. The van der Waals surface area contributed by atoms with Gasteiger partial charge < -0.3 is 10.2 Å². The maximum Gasteiger partial charge on any atom is 0.281 e. The number of aromatic nitrogens is 3. The average Bonchev–Trinajstić information content (AvgIpc) is 3.11. The van der Waals surface area contributed by atoms with Crippen LogP contribution in [0.25, 0.3) is 0 Å². The molecule has 10 heteroatoms. The van der Waals surface area contributed by atoms with Crippen molar-refractivity contribution in [2.45, 2.75) is 44.2 Å². The van der Waals surface area contributed by atoms with Gasteiger partial charge in [-0.2, -0.15) is 8.42 Å². The van der Waals surface area contributed by atoms with E-state index in [1.165, 1.54) is 6.07 Å². The van der Waals surface area contributed by atoms with Gasteiger partial charge in [0.05, 0.1) is 5.56 Å². The predicted octanol–water partition coefficient (Wildman–Crippen LogP) is 3.27. The first-order valence-electron chi connectivity index (χ1n) is 11.6. The number of anilines is 2. The standard InChI is InChI=1S/C25H30N6O3S/c1-18-16-25(2,3)31(17-18)23-20(6-5-12-28-23)24(32)30-35(33,34)22-8-4-7-21(29-22)27-15-11-19-9-13-26-14-10-19/h4-10,12-14,18H,11,15-17H2,1-3H3,(H,27,29)(H,30,32).